The third-order valence-electron chi connectivity index (χ3n) is 3.46. The molecule has 0 aromatic carbocycles. The monoisotopic (exact) mass is 263 g/mol. The minimum Gasteiger partial charge on any atom is -0.378 e. The molecule has 0 amide bonds. The second-order valence-corrected chi connectivity index (χ2v) is 4.95. The summed E-state index contributed by atoms with van der Waals surface area (Å²) in [5, 5.41) is 3.34. The Labute approximate surface area is 116 Å². The first-order valence-corrected chi connectivity index (χ1v) is 7.41. The first-order chi connectivity index (χ1) is 9.33. The largest absolute Gasteiger partial charge is 0.378 e. The Balaban J connectivity index is 1.91. The lowest BCUT2D eigenvalue weighted by Gasteiger charge is -2.32. The van der Waals surface area contributed by atoms with Gasteiger partial charge in [-0.2, -0.15) is 0 Å². The Kier molecular flexibility index (Phi) is 5.45. The Morgan fingerprint density at radius 3 is 2.79 bits per heavy atom. The van der Waals surface area contributed by atoms with Gasteiger partial charge in [0.2, 0.25) is 0 Å². The number of piperidine rings is 1. The standard InChI is InChI=1S/C15H25N3O/c1-3-10-16-14-6-5-7-15(17-14)18-11-8-13(9-12-18)19-4-2/h5-7,13H,3-4,8-12H2,1-2H3,(H,16,17). The molecular weight excluding hydrogens is 238 g/mol. The van der Waals surface area contributed by atoms with Gasteiger partial charge in [0.05, 0.1) is 6.10 Å². The van der Waals surface area contributed by atoms with Gasteiger partial charge in [-0.05, 0) is 38.3 Å². The maximum absolute atomic E-state index is 5.68. The molecule has 1 aromatic heterocycles. The maximum Gasteiger partial charge on any atom is 0.130 e. The lowest BCUT2D eigenvalue weighted by atomic mass is 10.1. The Hall–Kier alpha value is -1.29. The van der Waals surface area contributed by atoms with Crippen LogP contribution in [-0.4, -0.2) is 37.3 Å². The summed E-state index contributed by atoms with van der Waals surface area (Å²) in [5.41, 5.74) is 0. The van der Waals surface area contributed by atoms with Crippen molar-refractivity contribution in [1.29, 1.82) is 0 Å². The Morgan fingerprint density at radius 1 is 1.32 bits per heavy atom. The average Bonchev–Trinajstić information content (AvgIpc) is 2.46. The molecule has 0 atom stereocenters. The van der Waals surface area contributed by atoms with Gasteiger partial charge in [-0.25, -0.2) is 4.98 Å². The zero-order valence-corrected chi connectivity index (χ0v) is 12.1. The van der Waals surface area contributed by atoms with Gasteiger partial charge in [-0.1, -0.05) is 13.0 Å². The molecule has 0 spiro atoms. The molecule has 0 aliphatic carbocycles. The van der Waals surface area contributed by atoms with E-state index in [0.717, 1.165) is 57.1 Å². The van der Waals surface area contributed by atoms with Crippen LogP contribution >= 0.6 is 0 Å². The van der Waals surface area contributed by atoms with Crippen LogP contribution < -0.4 is 10.2 Å². The van der Waals surface area contributed by atoms with Crippen LogP contribution in [0, 0.1) is 0 Å². The molecule has 0 unspecified atom stereocenters. The predicted octanol–water partition coefficient (Wildman–Crippen LogP) is 2.91. The fourth-order valence-corrected chi connectivity index (χ4v) is 2.44. The first kappa shape index (κ1) is 14.1. The van der Waals surface area contributed by atoms with Crippen LogP contribution in [0.4, 0.5) is 11.6 Å². The molecule has 4 nitrogen and oxygen atoms in total. The van der Waals surface area contributed by atoms with Crippen molar-refractivity contribution in [3.05, 3.63) is 18.2 Å². The summed E-state index contributed by atoms with van der Waals surface area (Å²) in [6, 6.07) is 6.21. The van der Waals surface area contributed by atoms with E-state index in [0.29, 0.717) is 6.10 Å². The second kappa shape index (κ2) is 7.34. The first-order valence-electron chi connectivity index (χ1n) is 7.41. The summed E-state index contributed by atoms with van der Waals surface area (Å²) in [6.07, 6.45) is 3.75. The van der Waals surface area contributed by atoms with E-state index < -0.39 is 0 Å². The van der Waals surface area contributed by atoms with Crippen LogP contribution in [0.5, 0.6) is 0 Å². The Bertz CT molecular complexity index is 375. The smallest absolute Gasteiger partial charge is 0.130 e. The normalized spacial score (nSPS) is 16.6. The van der Waals surface area contributed by atoms with Crippen LogP contribution in [0.15, 0.2) is 18.2 Å². The van der Waals surface area contributed by atoms with Gasteiger partial charge in [0.15, 0.2) is 0 Å². The Morgan fingerprint density at radius 2 is 2.11 bits per heavy atom. The highest BCUT2D eigenvalue weighted by Gasteiger charge is 2.20. The molecule has 1 aromatic rings. The molecule has 1 saturated heterocycles. The van der Waals surface area contributed by atoms with Crippen LogP contribution in [0.1, 0.15) is 33.1 Å². The van der Waals surface area contributed by atoms with E-state index in [1.807, 2.05) is 6.07 Å². The minimum atomic E-state index is 0.433. The molecule has 4 heteroatoms. The van der Waals surface area contributed by atoms with Crippen molar-refractivity contribution in [3.63, 3.8) is 0 Å². The molecule has 2 heterocycles. The number of anilines is 2. The average molecular weight is 263 g/mol. The summed E-state index contributed by atoms with van der Waals surface area (Å²) in [5.74, 6) is 2.06. The van der Waals surface area contributed by atoms with Gasteiger partial charge in [0, 0.05) is 26.2 Å². The topological polar surface area (TPSA) is 37.4 Å². The van der Waals surface area contributed by atoms with Crippen molar-refractivity contribution < 1.29 is 4.74 Å². The van der Waals surface area contributed by atoms with E-state index in [1.54, 1.807) is 0 Å². The number of pyridine rings is 1. The fraction of sp³-hybridized carbons (Fsp3) is 0.667. The van der Waals surface area contributed by atoms with Crippen LogP contribution in [0.3, 0.4) is 0 Å². The van der Waals surface area contributed by atoms with Gasteiger partial charge < -0.3 is 15.0 Å². The third-order valence-corrected chi connectivity index (χ3v) is 3.46. The van der Waals surface area contributed by atoms with E-state index in [4.69, 9.17) is 4.74 Å². The van der Waals surface area contributed by atoms with Gasteiger partial charge in [-0.15, -0.1) is 0 Å². The number of rotatable bonds is 6. The fourth-order valence-electron chi connectivity index (χ4n) is 2.44. The van der Waals surface area contributed by atoms with Crippen LogP contribution in [0.2, 0.25) is 0 Å². The molecule has 0 saturated carbocycles. The molecule has 2 rings (SSSR count). The summed E-state index contributed by atoms with van der Waals surface area (Å²) in [4.78, 5) is 7.03. The number of hydrogen-bond donors (Lipinski definition) is 1. The van der Waals surface area contributed by atoms with Gasteiger partial charge in [0.25, 0.3) is 0 Å². The van der Waals surface area contributed by atoms with Gasteiger partial charge in [-0.3, -0.25) is 0 Å². The van der Waals surface area contributed by atoms with Crippen molar-refractivity contribution in [2.45, 2.75) is 39.2 Å². The second-order valence-electron chi connectivity index (χ2n) is 4.95. The lowest BCUT2D eigenvalue weighted by molar-refractivity contribution is 0.0458. The third kappa shape index (κ3) is 4.10. The number of nitrogens with zero attached hydrogens (tertiary/aromatic N) is 2. The van der Waals surface area contributed by atoms with Crippen LogP contribution in [0.25, 0.3) is 0 Å². The number of aromatic nitrogens is 1. The molecule has 1 N–H and O–H groups in total. The molecule has 19 heavy (non-hydrogen) atoms. The molecule has 1 aliphatic rings. The number of hydrogen-bond acceptors (Lipinski definition) is 4. The van der Waals surface area contributed by atoms with Gasteiger partial charge in [0.1, 0.15) is 11.6 Å². The van der Waals surface area contributed by atoms with Crippen molar-refractivity contribution in [3.8, 4) is 0 Å². The molecule has 106 valence electrons. The summed E-state index contributed by atoms with van der Waals surface area (Å²) < 4.78 is 5.68. The van der Waals surface area contributed by atoms with E-state index in [2.05, 4.69) is 41.2 Å². The maximum atomic E-state index is 5.68. The van der Waals surface area contributed by atoms with Crippen molar-refractivity contribution in [2.24, 2.45) is 0 Å². The predicted molar refractivity (Wildman–Crippen MR) is 79.9 cm³/mol. The highest BCUT2D eigenvalue weighted by Crippen LogP contribution is 2.21. The summed E-state index contributed by atoms with van der Waals surface area (Å²) >= 11 is 0. The van der Waals surface area contributed by atoms with Crippen LogP contribution in [-0.2, 0) is 4.74 Å². The van der Waals surface area contributed by atoms with Crippen molar-refractivity contribution in [2.75, 3.05) is 36.5 Å². The highest BCUT2D eigenvalue weighted by atomic mass is 16.5. The van der Waals surface area contributed by atoms with E-state index in [9.17, 15) is 0 Å². The van der Waals surface area contributed by atoms with E-state index in [1.165, 1.54) is 0 Å². The molecule has 0 radical (unpaired) electrons. The van der Waals surface area contributed by atoms with Crippen molar-refractivity contribution >= 4 is 11.6 Å². The zero-order chi connectivity index (χ0) is 13.5. The summed E-state index contributed by atoms with van der Waals surface area (Å²) in [6.45, 7) is 8.10. The highest BCUT2D eigenvalue weighted by molar-refractivity contribution is 5.47. The van der Waals surface area contributed by atoms with Gasteiger partial charge >= 0.3 is 0 Å². The number of ether oxygens (including phenoxy) is 1. The molecule has 0 bridgehead atoms. The number of nitrogens with one attached hydrogen (secondary N) is 1. The van der Waals surface area contributed by atoms with E-state index in [-0.39, 0.29) is 0 Å². The molecule has 1 aliphatic heterocycles. The molecular formula is C15H25N3O. The molecule has 1 fully saturated rings. The SMILES string of the molecule is CCCNc1cccc(N2CCC(OCC)CC2)n1. The quantitative estimate of drug-likeness (QED) is 0.856. The van der Waals surface area contributed by atoms with Crippen molar-refractivity contribution in [1.82, 2.24) is 4.98 Å². The summed E-state index contributed by atoms with van der Waals surface area (Å²) in [7, 11) is 0. The lowest BCUT2D eigenvalue weighted by Crippen LogP contribution is -2.37. The van der Waals surface area contributed by atoms with E-state index >= 15 is 0 Å². The zero-order valence-electron chi connectivity index (χ0n) is 12.1. The minimum absolute atomic E-state index is 0.433.